The lowest BCUT2D eigenvalue weighted by molar-refractivity contribution is -0.387. The summed E-state index contributed by atoms with van der Waals surface area (Å²) in [5.41, 5.74) is 0.990. The fourth-order valence-electron chi connectivity index (χ4n) is 7.47. The van der Waals surface area contributed by atoms with E-state index in [4.69, 9.17) is 0 Å². The number of carbonyl (C=O) groups excluding carboxylic acids is 4. The van der Waals surface area contributed by atoms with Crippen molar-refractivity contribution in [3.05, 3.63) is 70.4 Å². The molecule has 3 heterocycles. The zero-order valence-electron chi connectivity index (χ0n) is 30.6. The number of sulfonamides is 1. The maximum atomic E-state index is 14.9. The predicted molar refractivity (Wildman–Crippen MR) is 199 cm³/mol. The van der Waals surface area contributed by atoms with E-state index in [2.05, 4.69) is 15.6 Å². The van der Waals surface area contributed by atoms with Crippen molar-refractivity contribution in [1.29, 1.82) is 0 Å². The van der Waals surface area contributed by atoms with Gasteiger partial charge in [0.1, 0.15) is 23.9 Å². The van der Waals surface area contributed by atoms with Gasteiger partial charge in [0.15, 0.2) is 4.90 Å². The van der Waals surface area contributed by atoms with Crippen molar-refractivity contribution < 1.29 is 32.5 Å². The molecule has 0 saturated carbocycles. The minimum atomic E-state index is -4.76. The molecule has 0 spiro atoms. The SMILES string of the molecule is CCC(=O)CCCCC[C@@H]1NC(=O)[C@H]2CCCN2C(=O)[C@H]([C@H](C)CC)N(S(=O)(=O)c2ccccc2[N+](=O)[O-])C[C@H](Cc2c[nH]c3ccccc23)NC1=O. The van der Waals surface area contributed by atoms with E-state index in [1.54, 1.807) is 13.1 Å². The molecule has 2 fully saturated rings. The number of nitro benzene ring substituents is 1. The molecular formula is C38H50N6O8S. The minimum absolute atomic E-state index is 0.145. The molecule has 3 aromatic rings. The lowest BCUT2D eigenvalue weighted by atomic mass is 9.96. The van der Waals surface area contributed by atoms with E-state index < -0.39 is 73.3 Å². The van der Waals surface area contributed by atoms with Crippen molar-refractivity contribution >= 4 is 50.1 Å². The summed E-state index contributed by atoms with van der Waals surface area (Å²) in [6.07, 6.45) is 6.17. The first-order valence-corrected chi connectivity index (χ1v) is 20.0. The number of unbranched alkanes of at least 4 members (excludes halogenated alkanes) is 2. The van der Waals surface area contributed by atoms with Crippen LogP contribution in [-0.2, 0) is 35.6 Å². The molecule has 0 bridgehead atoms. The van der Waals surface area contributed by atoms with Gasteiger partial charge in [-0.15, -0.1) is 0 Å². The molecule has 286 valence electrons. The summed E-state index contributed by atoms with van der Waals surface area (Å²) < 4.78 is 30.8. The van der Waals surface area contributed by atoms with Crippen LogP contribution in [-0.4, -0.2) is 88.3 Å². The maximum absolute atomic E-state index is 14.9. The van der Waals surface area contributed by atoms with Gasteiger partial charge in [-0.25, -0.2) is 8.42 Å². The number of ketones is 1. The quantitative estimate of drug-likeness (QED) is 0.121. The molecule has 2 aliphatic rings. The van der Waals surface area contributed by atoms with Crippen molar-refractivity contribution in [2.24, 2.45) is 5.92 Å². The number of hydrogen-bond acceptors (Lipinski definition) is 8. The fraction of sp³-hybridized carbons (Fsp3) is 0.526. The Morgan fingerprint density at radius 3 is 2.47 bits per heavy atom. The number of fused-ring (bicyclic) bond motifs is 2. The predicted octanol–water partition coefficient (Wildman–Crippen LogP) is 4.63. The number of carbonyl (C=O) groups is 4. The molecule has 3 amide bonds. The van der Waals surface area contributed by atoms with Crippen LogP contribution in [0.25, 0.3) is 10.9 Å². The number of aromatic amines is 1. The van der Waals surface area contributed by atoms with Gasteiger partial charge in [0.2, 0.25) is 17.7 Å². The van der Waals surface area contributed by atoms with E-state index in [0.717, 1.165) is 32.9 Å². The Bertz CT molecular complexity index is 1930. The first-order valence-electron chi connectivity index (χ1n) is 18.6. The summed E-state index contributed by atoms with van der Waals surface area (Å²) in [6, 6.07) is 8.42. The first-order chi connectivity index (χ1) is 25.4. The third kappa shape index (κ3) is 8.95. The van der Waals surface area contributed by atoms with Crippen LogP contribution in [0.1, 0.15) is 84.1 Å². The third-order valence-corrected chi connectivity index (χ3v) is 12.5. The normalized spacial score (nSPS) is 22.4. The number of Topliss-reactive ketones (excluding diaryl/α,β-unsaturated/α-hetero) is 1. The number of H-pyrrole nitrogens is 1. The molecule has 53 heavy (non-hydrogen) atoms. The highest BCUT2D eigenvalue weighted by Crippen LogP contribution is 2.33. The van der Waals surface area contributed by atoms with Crippen LogP contribution in [0.15, 0.2) is 59.6 Å². The summed E-state index contributed by atoms with van der Waals surface area (Å²) >= 11 is 0. The van der Waals surface area contributed by atoms with Gasteiger partial charge in [-0.3, -0.25) is 29.3 Å². The number of para-hydroxylation sites is 2. The van der Waals surface area contributed by atoms with Gasteiger partial charge in [-0.1, -0.05) is 70.4 Å². The molecule has 0 radical (unpaired) electrons. The smallest absolute Gasteiger partial charge is 0.289 e. The Balaban J connectivity index is 1.62. The molecule has 0 unspecified atom stereocenters. The minimum Gasteiger partial charge on any atom is -0.361 e. The summed E-state index contributed by atoms with van der Waals surface area (Å²) in [4.78, 5) is 70.3. The second-order valence-electron chi connectivity index (χ2n) is 14.1. The van der Waals surface area contributed by atoms with Gasteiger partial charge >= 0.3 is 0 Å². The van der Waals surface area contributed by atoms with Crippen molar-refractivity contribution in [2.45, 2.75) is 114 Å². The monoisotopic (exact) mass is 750 g/mol. The van der Waals surface area contributed by atoms with E-state index in [-0.39, 0.29) is 31.7 Å². The van der Waals surface area contributed by atoms with Crippen molar-refractivity contribution in [2.75, 3.05) is 13.1 Å². The number of amides is 3. The zero-order chi connectivity index (χ0) is 38.3. The topological polar surface area (TPSA) is 192 Å². The van der Waals surface area contributed by atoms with E-state index in [1.165, 1.54) is 17.0 Å². The van der Waals surface area contributed by atoms with Crippen LogP contribution in [0.5, 0.6) is 0 Å². The second kappa shape index (κ2) is 17.5. The van der Waals surface area contributed by atoms with Gasteiger partial charge in [0, 0.05) is 55.1 Å². The Hall–Kier alpha value is -4.63. The average Bonchev–Trinajstić information content (AvgIpc) is 3.81. The molecule has 5 atom stereocenters. The Kier molecular flexibility index (Phi) is 13.0. The molecule has 2 saturated heterocycles. The summed E-state index contributed by atoms with van der Waals surface area (Å²) in [5.74, 6) is -1.98. The van der Waals surface area contributed by atoms with Gasteiger partial charge < -0.3 is 20.5 Å². The van der Waals surface area contributed by atoms with E-state index in [9.17, 15) is 37.7 Å². The molecule has 3 N–H and O–H groups in total. The maximum Gasteiger partial charge on any atom is 0.289 e. The lowest BCUT2D eigenvalue weighted by Gasteiger charge is -2.39. The van der Waals surface area contributed by atoms with Crippen LogP contribution in [0.4, 0.5) is 5.69 Å². The highest BCUT2D eigenvalue weighted by Gasteiger charge is 2.47. The number of nitrogens with zero attached hydrogens (tertiary/aromatic N) is 3. The largest absolute Gasteiger partial charge is 0.361 e. The summed E-state index contributed by atoms with van der Waals surface area (Å²) in [5, 5.41) is 19.0. The van der Waals surface area contributed by atoms with Crippen LogP contribution in [0, 0.1) is 16.0 Å². The Labute approximate surface area is 310 Å². The molecule has 1 aromatic heterocycles. The fourth-order valence-corrected chi connectivity index (χ4v) is 9.35. The molecule has 2 aliphatic heterocycles. The number of aromatic nitrogens is 1. The van der Waals surface area contributed by atoms with E-state index >= 15 is 0 Å². The van der Waals surface area contributed by atoms with Gasteiger partial charge in [-0.05, 0) is 55.7 Å². The molecule has 15 heteroatoms. The Morgan fingerprint density at radius 1 is 1.00 bits per heavy atom. The number of hydrogen-bond donors (Lipinski definition) is 3. The highest BCUT2D eigenvalue weighted by molar-refractivity contribution is 7.89. The highest BCUT2D eigenvalue weighted by atomic mass is 32.2. The number of nitro groups is 1. The third-order valence-electron chi connectivity index (χ3n) is 10.6. The summed E-state index contributed by atoms with van der Waals surface area (Å²) in [7, 11) is -4.76. The van der Waals surface area contributed by atoms with E-state index in [0.29, 0.717) is 51.4 Å². The molecule has 5 rings (SSSR count). The van der Waals surface area contributed by atoms with Gasteiger partial charge in [-0.2, -0.15) is 4.31 Å². The average molecular weight is 751 g/mol. The van der Waals surface area contributed by atoms with Crippen molar-refractivity contribution in [3.8, 4) is 0 Å². The molecular weight excluding hydrogens is 701 g/mol. The summed E-state index contributed by atoms with van der Waals surface area (Å²) in [6.45, 7) is 5.23. The van der Waals surface area contributed by atoms with Crippen LogP contribution in [0.3, 0.4) is 0 Å². The van der Waals surface area contributed by atoms with Crippen molar-refractivity contribution in [1.82, 2.24) is 24.8 Å². The second-order valence-corrected chi connectivity index (χ2v) is 16.0. The zero-order valence-corrected chi connectivity index (χ0v) is 31.4. The number of nitrogens with one attached hydrogen (secondary N) is 3. The number of benzene rings is 2. The van der Waals surface area contributed by atoms with Gasteiger partial charge in [0.25, 0.3) is 15.7 Å². The van der Waals surface area contributed by atoms with Crippen molar-refractivity contribution in [3.63, 3.8) is 0 Å². The number of rotatable bonds is 14. The molecule has 14 nitrogen and oxygen atoms in total. The first kappa shape index (κ1) is 39.6. The van der Waals surface area contributed by atoms with Crippen LogP contribution < -0.4 is 10.6 Å². The van der Waals surface area contributed by atoms with E-state index in [1.807, 2.05) is 38.1 Å². The van der Waals surface area contributed by atoms with Crippen LogP contribution in [0.2, 0.25) is 0 Å². The molecule has 2 aromatic carbocycles. The van der Waals surface area contributed by atoms with Gasteiger partial charge in [0.05, 0.1) is 4.92 Å². The standard InChI is InChI=1S/C38H50N6O8S/c1-4-25(3)35-38(48)42-21-13-19-33(42)37(47)41-31(17-8-6-7-14-28(45)5-2)36(46)40-27(22-26-23-39-30-16-10-9-15-29(26)30)24-43(35)53(51,52)34-20-12-11-18-32(34)44(49)50/h9-12,15-16,18,20,23,25,27,31,33,35,39H,4-8,13-14,17,19,21-22,24H2,1-3H3,(H,40,46)(H,41,47)/t25-,27+,31+,33-,35+/m1/s1. The molecule has 0 aliphatic carbocycles. The Morgan fingerprint density at radius 2 is 1.74 bits per heavy atom. The lowest BCUT2D eigenvalue weighted by Crippen LogP contribution is -2.62. The van der Waals surface area contributed by atoms with Crippen LogP contribution >= 0.6 is 0 Å².